The van der Waals surface area contributed by atoms with E-state index in [1.54, 1.807) is 31.4 Å². The highest BCUT2D eigenvalue weighted by Crippen LogP contribution is 2.33. The average molecular weight is 340 g/mol. The second-order valence-corrected chi connectivity index (χ2v) is 5.60. The van der Waals surface area contributed by atoms with Gasteiger partial charge in [-0.25, -0.2) is 4.90 Å². The molecule has 0 bridgehead atoms. The summed E-state index contributed by atoms with van der Waals surface area (Å²) in [7, 11) is 1.58. The molecule has 1 aliphatic heterocycles. The molecule has 0 spiro atoms. The Bertz CT molecular complexity index is 790. The zero-order chi connectivity index (χ0) is 17.8. The van der Waals surface area contributed by atoms with Gasteiger partial charge in [-0.05, 0) is 31.2 Å². The number of para-hydroxylation sites is 2. The maximum absolute atomic E-state index is 12.8. The Balaban J connectivity index is 1.83. The van der Waals surface area contributed by atoms with Crippen LogP contribution < -0.4 is 19.7 Å². The minimum absolute atomic E-state index is 0.0938. The predicted octanol–water partition coefficient (Wildman–Crippen LogP) is 2.84. The number of amides is 2. The van der Waals surface area contributed by atoms with Gasteiger partial charge in [0.25, 0.3) is 5.91 Å². The van der Waals surface area contributed by atoms with Crippen molar-refractivity contribution in [2.75, 3.05) is 23.9 Å². The Hall–Kier alpha value is -3.02. The zero-order valence-corrected chi connectivity index (χ0v) is 14.2. The molecule has 6 heteroatoms. The standard InChI is InChI=1S/C19H20N2O4/c1-3-25-17-10-5-4-9-16(17)21-18(22)12-15(19(21)23)20-13-7-6-8-14(11-13)24-2/h4-11,15,20H,3,12H2,1-2H3/t15-/m1/s1. The molecule has 0 saturated carbocycles. The van der Waals surface area contributed by atoms with Crippen LogP contribution in [-0.4, -0.2) is 31.6 Å². The van der Waals surface area contributed by atoms with E-state index in [0.717, 1.165) is 5.69 Å². The number of nitrogens with zero attached hydrogens (tertiary/aromatic N) is 1. The number of benzene rings is 2. The summed E-state index contributed by atoms with van der Waals surface area (Å²) >= 11 is 0. The lowest BCUT2D eigenvalue weighted by Gasteiger charge is -2.19. The number of imide groups is 1. The van der Waals surface area contributed by atoms with Gasteiger partial charge in [-0.1, -0.05) is 18.2 Å². The molecular weight excluding hydrogens is 320 g/mol. The number of rotatable bonds is 6. The Labute approximate surface area is 146 Å². The first kappa shape index (κ1) is 16.8. The number of nitrogens with one attached hydrogen (secondary N) is 1. The average Bonchev–Trinajstić information content (AvgIpc) is 2.89. The fourth-order valence-corrected chi connectivity index (χ4v) is 2.83. The molecule has 2 aromatic carbocycles. The molecular formula is C19H20N2O4. The van der Waals surface area contributed by atoms with E-state index in [9.17, 15) is 9.59 Å². The first-order valence-electron chi connectivity index (χ1n) is 8.13. The first-order chi connectivity index (χ1) is 12.1. The van der Waals surface area contributed by atoms with Gasteiger partial charge in [0.2, 0.25) is 5.91 Å². The van der Waals surface area contributed by atoms with Gasteiger partial charge >= 0.3 is 0 Å². The minimum atomic E-state index is -0.616. The van der Waals surface area contributed by atoms with E-state index in [0.29, 0.717) is 23.8 Å². The summed E-state index contributed by atoms with van der Waals surface area (Å²) in [5.74, 6) is 0.659. The number of anilines is 2. The van der Waals surface area contributed by atoms with Gasteiger partial charge in [0.15, 0.2) is 0 Å². The van der Waals surface area contributed by atoms with Gasteiger partial charge < -0.3 is 14.8 Å². The molecule has 0 radical (unpaired) electrons. The van der Waals surface area contributed by atoms with Crippen LogP contribution in [0.1, 0.15) is 13.3 Å². The van der Waals surface area contributed by atoms with Crippen molar-refractivity contribution >= 4 is 23.2 Å². The van der Waals surface area contributed by atoms with Crippen LogP contribution in [0.25, 0.3) is 0 Å². The third-order valence-corrected chi connectivity index (χ3v) is 3.96. The summed E-state index contributed by atoms with van der Waals surface area (Å²) in [5, 5.41) is 3.11. The third kappa shape index (κ3) is 3.42. The lowest BCUT2D eigenvalue weighted by molar-refractivity contribution is -0.121. The Morgan fingerprint density at radius 3 is 2.72 bits per heavy atom. The topological polar surface area (TPSA) is 67.9 Å². The molecule has 0 aromatic heterocycles. The summed E-state index contributed by atoms with van der Waals surface area (Å²) < 4.78 is 10.7. The summed E-state index contributed by atoms with van der Waals surface area (Å²) in [6, 6.07) is 13.7. The highest BCUT2D eigenvalue weighted by molar-refractivity contribution is 6.23. The summed E-state index contributed by atoms with van der Waals surface area (Å²) in [6.45, 7) is 2.32. The molecule has 1 saturated heterocycles. The van der Waals surface area contributed by atoms with Crippen LogP contribution >= 0.6 is 0 Å². The molecule has 1 atom stereocenters. The number of hydrogen-bond acceptors (Lipinski definition) is 5. The van der Waals surface area contributed by atoms with Gasteiger partial charge in [-0.15, -0.1) is 0 Å². The summed E-state index contributed by atoms with van der Waals surface area (Å²) in [4.78, 5) is 26.4. The van der Waals surface area contributed by atoms with Crippen molar-refractivity contribution in [2.45, 2.75) is 19.4 Å². The fraction of sp³-hybridized carbons (Fsp3) is 0.263. The normalized spacial score (nSPS) is 16.9. The highest BCUT2D eigenvalue weighted by Gasteiger charge is 2.40. The van der Waals surface area contributed by atoms with E-state index in [4.69, 9.17) is 9.47 Å². The van der Waals surface area contributed by atoms with E-state index in [-0.39, 0.29) is 18.2 Å². The Morgan fingerprint density at radius 1 is 1.16 bits per heavy atom. The minimum Gasteiger partial charge on any atom is -0.497 e. The smallest absolute Gasteiger partial charge is 0.256 e. The van der Waals surface area contributed by atoms with Crippen LogP contribution in [0, 0.1) is 0 Å². The van der Waals surface area contributed by atoms with E-state index < -0.39 is 6.04 Å². The van der Waals surface area contributed by atoms with Gasteiger partial charge in [0.05, 0.1) is 25.8 Å². The Morgan fingerprint density at radius 2 is 1.96 bits per heavy atom. The second kappa shape index (κ2) is 7.25. The van der Waals surface area contributed by atoms with E-state index in [1.165, 1.54) is 4.90 Å². The van der Waals surface area contributed by atoms with Crippen molar-refractivity contribution in [2.24, 2.45) is 0 Å². The molecule has 2 aromatic rings. The maximum Gasteiger partial charge on any atom is 0.256 e. The number of carbonyl (C=O) groups excluding carboxylic acids is 2. The molecule has 3 rings (SSSR count). The molecule has 1 N–H and O–H groups in total. The van der Waals surface area contributed by atoms with E-state index in [2.05, 4.69) is 5.32 Å². The molecule has 130 valence electrons. The van der Waals surface area contributed by atoms with Gasteiger partial charge in [-0.3, -0.25) is 9.59 Å². The van der Waals surface area contributed by atoms with Gasteiger partial charge in [0, 0.05) is 11.8 Å². The van der Waals surface area contributed by atoms with Crippen LogP contribution in [0.15, 0.2) is 48.5 Å². The van der Waals surface area contributed by atoms with Crippen molar-refractivity contribution in [1.82, 2.24) is 0 Å². The van der Waals surface area contributed by atoms with E-state index in [1.807, 2.05) is 31.2 Å². The number of methoxy groups -OCH3 is 1. The molecule has 6 nitrogen and oxygen atoms in total. The summed E-state index contributed by atoms with van der Waals surface area (Å²) in [6.07, 6.45) is 0.0938. The van der Waals surface area contributed by atoms with Crippen molar-refractivity contribution < 1.29 is 19.1 Å². The van der Waals surface area contributed by atoms with Crippen molar-refractivity contribution in [3.63, 3.8) is 0 Å². The summed E-state index contributed by atoms with van der Waals surface area (Å²) in [5.41, 5.74) is 1.21. The van der Waals surface area contributed by atoms with Crippen LogP contribution in [0.3, 0.4) is 0 Å². The fourth-order valence-electron chi connectivity index (χ4n) is 2.83. The van der Waals surface area contributed by atoms with Gasteiger partial charge in [0.1, 0.15) is 17.5 Å². The lowest BCUT2D eigenvalue weighted by atomic mass is 10.2. The van der Waals surface area contributed by atoms with Crippen LogP contribution in [0.2, 0.25) is 0 Å². The molecule has 1 aliphatic rings. The number of carbonyl (C=O) groups is 2. The molecule has 0 aliphatic carbocycles. The predicted molar refractivity (Wildman–Crippen MR) is 95.1 cm³/mol. The number of hydrogen-bond donors (Lipinski definition) is 1. The highest BCUT2D eigenvalue weighted by atomic mass is 16.5. The second-order valence-electron chi connectivity index (χ2n) is 5.60. The van der Waals surface area contributed by atoms with Crippen molar-refractivity contribution in [1.29, 1.82) is 0 Å². The van der Waals surface area contributed by atoms with Gasteiger partial charge in [-0.2, -0.15) is 0 Å². The molecule has 25 heavy (non-hydrogen) atoms. The maximum atomic E-state index is 12.8. The Kier molecular flexibility index (Phi) is 4.88. The molecule has 0 unspecified atom stereocenters. The molecule has 1 heterocycles. The zero-order valence-electron chi connectivity index (χ0n) is 14.2. The first-order valence-corrected chi connectivity index (χ1v) is 8.13. The van der Waals surface area contributed by atoms with E-state index >= 15 is 0 Å². The van der Waals surface area contributed by atoms with Crippen molar-refractivity contribution in [3.05, 3.63) is 48.5 Å². The monoisotopic (exact) mass is 340 g/mol. The van der Waals surface area contributed by atoms with Crippen molar-refractivity contribution in [3.8, 4) is 11.5 Å². The number of ether oxygens (including phenoxy) is 2. The van der Waals surface area contributed by atoms with Crippen LogP contribution in [0.4, 0.5) is 11.4 Å². The lowest BCUT2D eigenvalue weighted by Crippen LogP contribution is -2.35. The quantitative estimate of drug-likeness (QED) is 0.819. The molecule has 2 amide bonds. The van der Waals surface area contributed by atoms with Crippen LogP contribution in [-0.2, 0) is 9.59 Å². The largest absolute Gasteiger partial charge is 0.497 e. The SMILES string of the molecule is CCOc1ccccc1N1C(=O)C[C@@H](Nc2cccc(OC)c2)C1=O. The molecule has 1 fully saturated rings. The van der Waals surface area contributed by atoms with Crippen LogP contribution in [0.5, 0.6) is 11.5 Å². The third-order valence-electron chi connectivity index (χ3n) is 3.96.